The molecule has 2 bridgehead atoms. The second-order valence-electron chi connectivity index (χ2n) is 10.4. The Bertz CT molecular complexity index is 685. The average molecular weight is 428 g/mol. The van der Waals surface area contributed by atoms with Gasteiger partial charge in [-0.05, 0) is 25.7 Å². The van der Waals surface area contributed by atoms with Crippen molar-refractivity contribution in [3.63, 3.8) is 0 Å². The molecule has 8 atom stereocenters. The summed E-state index contributed by atoms with van der Waals surface area (Å²) in [5, 5.41) is 0. The molecule has 4 N–H and O–H groups in total. The normalized spacial score (nSPS) is 42.6. The van der Waals surface area contributed by atoms with Crippen molar-refractivity contribution in [3.8, 4) is 0 Å². The van der Waals surface area contributed by atoms with Crippen LogP contribution in [0, 0.1) is 34.2 Å². The number of rotatable bonds is 0. The maximum Gasteiger partial charge on any atom is 0.152 e. The van der Waals surface area contributed by atoms with Crippen molar-refractivity contribution in [2.24, 2.45) is 0 Å². The molecule has 174 valence electrons. The third-order valence-corrected chi connectivity index (χ3v) is 8.48. The lowest BCUT2D eigenvalue weighted by Crippen LogP contribution is -3.26. The molecule has 5 heteroatoms. The van der Waals surface area contributed by atoms with E-state index in [0.717, 1.165) is 26.2 Å². The van der Waals surface area contributed by atoms with Crippen LogP contribution in [0.3, 0.4) is 0 Å². The van der Waals surface area contributed by atoms with Gasteiger partial charge in [-0.1, -0.05) is 12.2 Å². The first-order valence-corrected chi connectivity index (χ1v) is 12.5. The molecule has 0 amide bonds. The Hall–Kier alpha value is -1.14. The average Bonchev–Trinajstić information content (AvgIpc) is 2.79. The predicted octanol–water partition coefficient (Wildman–Crippen LogP) is -1.97. The fourth-order valence-electron chi connectivity index (χ4n) is 6.58. The molecule has 1 saturated heterocycles. The monoisotopic (exact) mass is 427 g/mol. The Morgan fingerprint density at radius 3 is 1.81 bits per heavy atom. The minimum atomic E-state index is 0.556. The van der Waals surface area contributed by atoms with Gasteiger partial charge >= 0.3 is 0 Å². The molecule has 4 unspecified atom stereocenters. The third kappa shape index (κ3) is 5.11. The molecule has 0 aromatic carbocycles. The minimum absolute atomic E-state index is 0.556. The van der Waals surface area contributed by atoms with Crippen molar-refractivity contribution in [1.29, 1.82) is 0 Å². The van der Waals surface area contributed by atoms with Crippen LogP contribution >= 0.6 is 0 Å². The highest BCUT2D eigenvalue weighted by atomic mass is 15.3. The van der Waals surface area contributed by atoms with Crippen LogP contribution < -0.4 is 19.6 Å². The summed E-state index contributed by atoms with van der Waals surface area (Å²) in [6.07, 6.45) is 16.9. The smallest absolute Gasteiger partial charge is 0.152 e. The van der Waals surface area contributed by atoms with Gasteiger partial charge in [0.1, 0.15) is 50.3 Å². The molecular weight excluding hydrogens is 382 g/mol. The van der Waals surface area contributed by atoms with Gasteiger partial charge in [-0.25, -0.2) is 0 Å². The number of nitrogens with one attached hydrogen (secondary N) is 4. The molecule has 4 aliphatic rings. The lowest BCUT2D eigenvalue weighted by molar-refractivity contribution is -0.986. The molecule has 0 aromatic heterocycles. The van der Waals surface area contributed by atoms with Crippen LogP contribution in [0.1, 0.15) is 51.4 Å². The van der Waals surface area contributed by atoms with Crippen molar-refractivity contribution >= 4 is 6.72 Å². The van der Waals surface area contributed by atoms with Gasteiger partial charge in [0.15, 0.2) is 11.7 Å². The molecule has 0 radical (unpaired) electrons. The molecule has 5 nitrogen and oxygen atoms in total. The number of nitrogens with zero attached hydrogens (tertiary/aromatic N) is 1. The summed E-state index contributed by atoms with van der Waals surface area (Å²) in [5.41, 5.74) is 1.27. The Labute approximate surface area is 191 Å². The van der Waals surface area contributed by atoms with Crippen LogP contribution in [-0.2, 0) is 0 Å². The Balaban J connectivity index is 1.61. The highest BCUT2D eigenvalue weighted by molar-refractivity contribution is 5.27. The summed E-state index contributed by atoms with van der Waals surface area (Å²) in [7, 11) is 18.4. The summed E-state index contributed by atoms with van der Waals surface area (Å²) < 4.78 is 2.16. The number of quaternary nitrogens is 4. The quantitative estimate of drug-likeness (QED) is 0.254. The van der Waals surface area contributed by atoms with E-state index in [1.165, 1.54) is 82.7 Å². The second-order valence-corrected chi connectivity index (χ2v) is 10.4. The topological polar surface area (TPSA) is 20.8 Å². The molecule has 3 fully saturated rings. The molecular formula is C26H45N5. The van der Waals surface area contributed by atoms with Crippen LogP contribution in [0.4, 0.5) is 0 Å². The fourth-order valence-corrected chi connectivity index (χ4v) is 6.58. The SMILES string of the molecule is C=[N+]1C2=CC=C[C-]1C[NH+]([CH2-])[C@H]1CCCC[C@@H]1[NH+]([CH2-])CC[NH+]([CH2-])[C@H]1CCCC[C@@H]1[NH+]([CH2-])C2. The first-order chi connectivity index (χ1) is 15.0. The van der Waals surface area contributed by atoms with Gasteiger partial charge < -0.3 is 19.6 Å². The van der Waals surface area contributed by atoms with Crippen molar-refractivity contribution in [3.05, 3.63) is 58.2 Å². The van der Waals surface area contributed by atoms with Gasteiger partial charge in [-0.3, -0.25) is 4.58 Å². The van der Waals surface area contributed by atoms with E-state index in [1.807, 2.05) is 0 Å². The number of hydrogen-bond acceptors (Lipinski definition) is 0. The maximum atomic E-state index is 4.60. The van der Waals surface area contributed by atoms with E-state index in [4.69, 9.17) is 0 Å². The molecule has 2 saturated carbocycles. The van der Waals surface area contributed by atoms with Gasteiger partial charge in [0, 0.05) is 25.7 Å². The fraction of sp³-hybridized carbons (Fsp3) is 0.615. The van der Waals surface area contributed by atoms with Crippen molar-refractivity contribution in [2.75, 3.05) is 26.2 Å². The minimum Gasteiger partial charge on any atom is -0.459 e. The maximum absolute atomic E-state index is 4.60. The van der Waals surface area contributed by atoms with Crippen LogP contribution in [0.15, 0.2) is 23.9 Å². The first kappa shape index (κ1) is 23.0. The lowest BCUT2D eigenvalue weighted by atomic mass is 9.87. The van der Waals surface area contributed by atoms with Crippen molar-refractivity contribution < 1.29 is 24.2 Å². The van der Waals surface area contributed by atoms with Gasteiger partial charge in [-0.15, -0.1) is 6.08 Å². The summed E-state index contributed by atoms with van der Waals surface area (Å²) in [4.78, 5) is 5.59. The van der Waals surface area contributed by atoms with E-state index < -0.39 is 0 Å². The molecule has 31 heavy (non-hydrogen) atoms. The Morgan fingerprint density at radius 1 is 0.774 bits per heavy atom. The van der Waals surface area contributed by atoms with E-state index in [0.29, 0.717) is 24.2 Å². The highest BCUT2D eigenvalue weighted by Gasteiger charge is 2.37. The van der Waals surface area contributed by atoms with Gasteiger partial charge in [0.2, 0.25) is 0 Å². The van der Waals surface area contributed by atoms with E-state index in [9.17, 15) is 0 Å². The molecule has 2 aliphatic carbocycles. The number of fused-ring (bicyclic) bond motifs is 4. The van der Waals surface area contributed by atoms with E-state index in [1.54, 1.807) is 0 Å². The van der Waals surface area contributed by atoms with E-state index >= 15 is 0 Å². The summed E-state index contributed by atoms with van der Waals surface area (Å²) >= 11 is 0. The molecule has 4 rings (SSSR count). The highest BCUT2D eigenvalue weighted by Crippen LogP contribution is 2.18. The third-order valence-electron chi connectivity index (χ3n) is 8.48. The van der Waals surface area contributed by atoms with Gasteiger partial charge in [0.25, 0.3) is 0 Å². The number of hydrogen-bond donors (Lipinski definition) is 4. The molecule has 0 aromatic rings. The van der Waals surface area contributed by atoms with Crippen LogP contribution in [0.2, 0.25) is 0 Å². The molecule has 2 aliphatic heterocycles. The molecule has 0 spiro atoms. The second kappa shape index (κ2) is 10.2. The number of allylic oxidation sites excluding steroid dienone is 2. The zero-order valence-electron chi connectivity index (χ0n) is 19.5. The Morgan fingerprint density at radius 2 is 1.26 bits per heavy atom. The summed E-state index contributed by atoms with van der Waals surface area (Å²) in [6.45, 7) is 8.44. The van der Waals surface area contributed by atoms with Crippen LogP contribution in [0.5, 0.6) is 0 Å². The predicted molar refractivity (Wildman–Crippen MR) is 125 cm³/mol. The van der Waals surface area contributed by atoms with Crippen molar-refractivity contribution in [1.82, 2.24) is 0 Å². The van der Waals surface area contributed by atoms with Gasteiger partial charge in [-0.2, -0.15) is 28.2 Å². The largest absolute Gasteiger partial charge is 0.459 e. The van der Waals surface area contributed by atoms with Crippen molar-refractivity contribution in [2.45, 2.75) is 75.5 Å². The van der Waals surface area contributed by atoms with Gasteiger partial charge in [0.05, 0.1) is 6.72 Å². The summed E-state index contributed by atoms with van der Waals surface area (Å²) in [6, 6.07) is 3.54. The van der Waals surface area contributed by atoms with Crippen LogP contribution in [-0.4, -0.2) is 61.6 Å². The summed E-state index contributed by atoms with van der Waals surface area (Å²) in [5.74, 6) is 0. The zero-order chi connectivity index (χ0) is 22.0. The Kier molecular flexibility index (Phi) is 7.58. The molecule has 2 heterocycles. The van der Waals surface area contributed by atoms with E-state index in [2.05, 4.69) is 57.7 Å². The standard InChI is InChI=1S/C26H45N5/c1-27-17-18-28(2)24-14-7-9-16-26(24)30(4)20-22-12-10-11-21(31(22)5)19-29(3)25-15-8-6-13-23(25)27/h10-12,23-30H,1-9,13-20H2/t23-,24-,25-,26-/m0/s1. The van der Waals surface area contributed by atoms with Crippen LogP contribution in [0.25, 0.3) is 0 Å². The lowest BCUT2D eigenvalue weighted by Gasteiger charge is -2.46. The van der Waals surface area contributed by atoms with E-state index in [-0.39, 0.29) is 0 Å². The zero-order valence-corrected chi connectivity index (χ0v) is 19.5. The first-order valence-electron chi connectivity index (χ1n) is 12.5.